The predicted molar refractivity (Wildman–Crippen MR) is 137 cm³/mol. The number of hydrogen-bond donors (Lipinski definition) is 0. The third-order valence-corrected chi connectivity index (χ3v) is 9.59. The largest absolute Gasteiger partial charge is 0.296 e. The van der Waals surface area contributed by atoms with Gasteiger partial charge in [-0.3, -0.25) is 4.84 Å². The second kappa shape index (κ2) is 9.73. The Morgan fingerprint density at radius 2 is 1.56 bits per heavy atom. The standard InChI is InChI=1S/C28H40N2O3S/c1-22-12-14-25(15-13-22)34(31,32)29-19-16-24(20-23-10-7-6-8-11-23)26(29)21-33-30-27(2,3)17-9-18-28(30,4)5/h6-8,10-15,24,26H,9,16-21H2,1-5H3/t24-,26-/m1/s1. The highest BCUT2D eigenvalue weighted by atomic mass is 32.2. The Bertz CT molecular complexity index is 1050. The lowest BCUT2D eigenvalue weighted by Gasteiger charge is -2.51. The van der Waals surface area contributed by atoms with E-state index in [2.05, 4.69) is 57.0 Å². The SMILES string of the molecule is Cc1ccc(S(=O)(=O)N2CC[C@H](Cc3ccccc3)[C@H]2CON2C(C)(C)CCCC2(C)C)cc1. The molecule has 6 heteroatoms. The summed E-state index contributed by atoms with van der Waals surface area (Å²) in [5, 5.41) is 2.15. The number of benzene rings is 2. The van der Waals surface area contributed by atoms with E-state index in [0.29, 0.717) is 18.0 Å². The zero-order valence-corrected chi connectivity index (χ0v) is 22.1. The van der Waals surface area contributed by atoms with Crippen LogP contribution >= 0.6 is 0 Å². The van der Waals surface area contributed by atoms with Crippen molar-refractivity contribution in [3.8, 4) is 0 Å². The molecule has 2 saturated heterocycles. The third-order valence-electron chi connectivity index (χ3n) is 7.65. The second-order valence-corrected chi connectivity index (χ2v) is 13.2. The van der Waals surface area contributed by atoms with Gasteiger partial charge in [0.05, 0.1) is 17.5 Å². The molecule has 0 N–H and O–H groups in total. The molecular formula is C28H40N2O3S. The van der Waals surface area contributed by atoms with Crippen molar-refractivity contribution in [2.24, 2.45) is 5.92 Å². The highest BCUT2D eigenvalue weighted by molar-refractivity contribution is 7.89. The van der Waals surface area contributed by atoms with E-state index in [1.165, 1.54) is 12.0 Å². The normalized spacial score (nSPS) is 25.4. The number of hydrogen-bond acceptors (Lipinski definition) is 4. The quantitative estimate of drug-likeness (QED) is 0.514. The summed E-state index contributed by atoms with van der Waals surface area (Å²) in [4.78, 5) is 6.94. The fourth-order valence-electron chi connectivity index (χ4n) is 5.88. The predicted octanol–water partition coefficient (Wildman–Crippen LogP) is 5.59. The van der Waals surface area contributed by atoms with E-state index in [1.807, 2.05) is 25.1 Å². The molecule has 34 heavy (non-hydrogen) atoms. The zero-order chi connectivity index (χ0) is 24.6. The van der Waals surface area contributed by atoms with Gasteiger partial charge in [-0.15, -0.1) is 0 Å². The number of hydroxylamine groups is 2. The Morgan fingerprint density at radius 3 is 2.18 bits per heavy atom. The van der Waals surface area contributed by atoms with Gasteiger partial charge in [0.25, 0.3) is 0 Å². The van der Waals surface area contributed by atoms with Crippen molar-refractivity contribution in [3.05, 3.63) is 65.7 Å². The Balaban J connectivity index is 1.61. The fourth-order valence-corrected chi connectivity index (χ4v) is 7.57. The van der Waals surface area contributed by atoms with Gasteiger partial charge in [0, 0.05) is 17.6 Å². The van der Waals surface area contributed by atoms with Gasteiger partial charge in [-0.2, -0.15) is 9.37 Å². The summed E-state index contributed by atoms with van der Waals surface area (Å²) in [5.74, 6) is 0.207. The number of sulfonamides is 1. The highest BCUT2D eigenvalue weighted by Crippen LogP contribution is 2.40. The minimum absolute atomic E-state index is 0.0874. The molecule has 0 radical (unpaired) electrons. The number of nitrogens with zero attached hydrogens (tertiary/aromatic N) is 2. The van der Waals surface area contributed by atoms with Crippen LogP contribution in [0.2, 0.25) is 0 Å². The molecule has 0 aromatic heterocycles. The van der Waals surface area contributed by atoms with Crippen LogP contribution in [-0.2, 0) is 21.3 Å². The summed E-state index contributed by atoms with van der Waals surface area (Å²) in [6.45, 7) is 11.8. The van der Waals surface area contributed by atoms with Crippen LogP contribution in [0.1, 0.15) is 64.5 Å². The van der Waals surface area contributed by atoms with Gasteiger partial charge in [-0.25, -0.2) is 8.42 Å². The number of rotatable bonds is 7. The molecule has 0 amide bonds. The lowest BCUT2D eigenvalue weighted by molar-refractivity contribution is -0.285. The highest BCUT2D eigenvalue weighted by Gasteiger charge is 2.46. The number of piperidine rings is 1. The van der Waals surface area contributed by atoms with E-state index in [4.69, 9.17) is 4.84 Å². The summed E-state index contributed by atoms with van der Waals surface area (Å²) >= 11 is 0. The van der Waals surface area contributed by atoms with Crippen molar-refractivity contribution in [1.82, 2.24) is 9.37 Å². The molecule has 0 bridgehead atoms. The van der Waals surface area contributed by atoms with Crippen LogP contribution in [-0.4, -0.2) is 48.1 Å². The van der Waals surface area contributed by atoms with E-state index in [1.54, 1.807) is 16.4 Å². The van der Waals surface area contributed by atoms with Crippen LogP contribution in [0.15, 0.2) is 59.5 Å². The van der Waals surface area contributed by atoms with Crippen molar-refractivity contribution in [2.75, 3.05) is 13.2 Å². The minimum atomic E-state index is -3.61. The van der Waals surface area contributed by atoms with Crippen molar-refractivity contribution < 1.29 is 13.3 Å². The minimum Gasteiger partial charge on any atom is -0.296 e. The molecule has 4 rings (SSSR count). The van der Waals surface area contributed by atoms with Crippen molar-refractivity contribution in [1.29, 1.82) is 0 Å². The molecule has 0 unspecified atom stereocenters. The lowest BCUT2D eigenvalue weighted by Crippen LogP contribution is -2.59. The zero-order valence-electron chi connectivity index (χ0n) is 21.3. The summed E-state index contributed by atoms with van der Waals surface area (Å²) < 4.78 is 29.1. The Labute approximate surface area is 206 Å². The summed E-state index contributed by atoms with van der Waals surface area (Å²) in [6.07, 6.45) is 5.00. The molecule has 2 aromatic rings. The van der Waals surface area contributed by atoms with Gasteiger partial charge in [-0.1, -0.05) is 48.0 Å². The van der Waals surface area contributed by atoms with Crippen molar-refractivity contribution in [3.63, 3.8) is 0 Å². The maximum Gasteiger partial charge on any atom is 0.243 e. The van der Waals surface area contributed by atoms with E-state index < -0.39 is 10.0 Å². The first-order chi connectivity index (χ1) is 16.0. The maximum atomic E-state index is 13.7. The van der Waals surface area contributed by atoms with Gasteiger partial charge in [0.15, 0.2) is 0 Å². The molecule has 2 fully saturated rings. The fraction of sp³-hybridized carbons (Fsp3) is 0.571. The summed E-state index contributed by atoms with van der Waals surface area (Å²) in [6, 6.07) is 17.4. The van der Waals surface area contributed by atoms with Gasteiger partial charge in [-0.05, 0) is 90.3 Å². The Kier molecular flexibility index (Phi) is 7.26. The van der Waals surface area contributed by atoms with Gasteiger partial charge < -0.3 is 0 Å². The first-order valence-corrected chi connectivity index (χ1v) is 14.0. The Morgan fingerprint density at radius 1 is 0.941 bits per heavy atom. The molecule has 2 atom stereocenters. The van der Waals surface area contributed by atoms with E-state index >= 15 is 0 Å². The summed E-state index contributed by atoms with van der Waals surface area (Å²) in [5.41, 5.74) is 2.12. The molecule has 0 spiro atoms. The van der Waals surface area contributed by atoms with Crippen LogP contribution in [0.3, 0.4) is 0 Å². The molecule has 2 heterocycles. The molecule has 186 valence electrons. The van der Waals surface area contributed by atoms with Gasteiger partial charge >= 0.3 is 0 Å². The average Bonchev–Trinajstić information content (AvgIpc) is 3.17. The van der Waals surface area contributed by atoms with Crippen LogP contribution in [0.25, 0.3) is 0 Å². The van der Waals surface area contributed by atoms with Crippen LogP contribution in [0.4, 0.5) is 0 Å². The lowest BCUT2D eigenvalue weighted by atomic mass is 9.82. The first-order valence-electron chi connectivity index (χ1n) is 12.6. The maximum absolute atomic E-state index is 13.7. The molecular weight excluding hydrogens is 444 g/mol. The van der Waals surface area contributed by atoms with Crippen LogP contribution in [0.5, 0.6) is 0 Å². The second-order valence-electron chi connectivity index (χ2n) is 11.3. The topological polar surface area (TPSA) is 49.9 Å². The molecule has 2 aliphatic rings. The molecule has 0 saturated carbocycles. The van der Waals surface area contributed by atoms with E-state index in [9.17, 15) is 8.42 Å². The van der Waals surface area contributed by atoms with Crippen LogP contribution in [0, 0.1) is 12.8 Å². The van der Waals surface area contributed by atoms with E-state index in [0.717, 1.165) is 31.2 Å². The van der Waals surface area contributed by atoms with Crippen LogP contribution < -0.4 is 0 Å². The Hall–Kier alpha value is -1.73. The summed E-state index contributed by atoms with van der Waals surface area (Å²) in [7, 11) is -3.61. The first kappa shape index (κ1) is 25.4. The average molecular weight is 485 g/mol. The van der Waals surface area contributed by atoms with Crippen molar-refractivity contribution >= 4 is 10.0 Å². The molecule has 0 aliphatic carbocycles. The molecule has 2 aliphatic heterocycles. The molecule has 2 aromatic carbocycles. The van der Waals surface area contributed by atoms with Gasteiger partial charge in [0.2, 0.25) is 10.0 Å². The van der Waals surface area contributed by atoms with Crippen molar-refractivity contribution in [2.45, 2.75) is 88.7 Å². The van der Waals surface area contributed by atoms with Gasteiger partial charge in [0.1, 0.15) is 0 Å². The number of aryl methyl sites for hydroxylation is 1. The van der Waals surface area contributed by atoms with E-state index in [-0.39, 0.29) is 23.0 Å². The third kappa shape index (κ3) is 5.25. The smallest absolute Gasteiger partial charge is 0.243 e. The monoisotopic (exact) mass is 484 g/mol. The molecule has 5 nitrogen and oxygen atoms in total.